The summed E-state index contributed by atoms with van der Waals surface area (Å²) in [6.07, 6.45) is 5.11. The average molecular weight is 417 g/mol. The normalized spacial score (nSPS) is 16.2. The molecule has 31 heavy (non-hydrogen) atoms. The predicted octanol–water partition coefficient (Wildman–Crippen LogP) is 4.73. The second-order valence-corrected chi connectivity index (χ2v) is 8.46. The molecule has 5 heteroatoms. The van der Waals surface area contributed by atoms with E-state index >= 15 is 0 Å². The number of carbonyl (C=O) groups excluding carboxylic acids is 1. The maximum absolute atomic E-state index is 11.1. The third kappa shape index (κ3) is 5.82. The van der Waals surface area contributed by atoms with Crippen molar-refractivity contribution in [3.05, 3.63) is 60.2 Å². The van der Waals surface area contributed by atoms with E-state index in [0.717, 1.165) is 45.9 Å². The number of aromatic nitrogens is 1. The zero-order valence-corrected chi connectivity index (χ0v) is 18.3. The van der Waals surface area contributed by atoms with Crippen molar-refractivity contribution in [2.75, 3.05) is 25.0 Å². The highest BCUT2D eigenvalue weighted by atomic mass is 16.1. The van der Waals surface area contributed by atoms with Crippen LogP contribution < -0.4 is 16.0 Å². The minimum atomic E-state index is -0.0178. The van der Waals surface area contributed by atoms with Crippen LogP contribution in [-0.2, 0) is 11.3 Å². The molecule has 2 heterocycles. The van der Waals surface area contributed by atoms with Crippen molar-refractivity contribution in [3.63, 3.8) is 0 Å². The lowest BCUT2D eigenvalue weighted by Gasteiger charge is -2.22. The number of hydrogen-bond acceptors (Lipinski definition) is 4. The molecule has 3 N–H and O–H groups in total. The Labute approximate surface area is 184 Å². The molecule has 1 aliphatic rings. The number of fused-ring (bicyclic) bond motifs is 1. The van der Waals surface area contributed by atoms with Crippen molar-refractivity contribution in [2.45, 2.75) is 39.2 Å². The summed E-state index contributed by atoms with van der Waals surface area (Å²) < 4.78 is 0. The largest absolute Gasteiger partial charge is 0.384 e. The van der Waals surface area contributed by atoms with Crippen LogP contribution in [0.3, 0.4) is 0 Å². The summed E-state index contributed by atoms with van der Waals surface area (Å²) >= 11 is 0. The molecule has 0 bridgehead atoms. The lowest BCUT2D eigenvalue weighted by atomic mass is 9.95. The average Bonchev–Trinajstić information content (AvgIpc) is 2.81. The van der Waals surface area contributed by atoms with Crippen LogP contribution in [-0.4, -0.2) is 30.5 Å². The molecular weight excluding hydrogens is 384 g/mol. The zero-order chi connectivity index (χ0) is 21.5. The maximum atomic E-state index is 11.1. The highest BCUT2D eigenvalue weighted by Gasteiger charge is 2.12. The highest BCUT2D eigenvalue weighted by Crippen LogP contribution is 2.29. The van der Waals surface area contributed by atoms with Crippen molar-refractivity contribution in [2.24, 2.45) is 5.92 Å². The van der Waals surface area contributed by atoms with E-state index in [2.05, 4.69) is 52.3 Å². The zero-order valence-electron chi connectivity index (χ0n) is 18.3. The summed E-state index contributed by atoms with van der Waals surface area (Å²) in [6, 6.07) is 18.7. The lowest BCUT2D eigenvalue weighted by molar-refractivity contribution is -0.119. The van der Waals surface area contributed by atoms with Crippen molar-refractivity contribution < 1.29 is 4.79 Å². The van der Waals surface area contributed by atoms with E-state index in [-0.39, 0.29) is 5.91 Å². The minimum absolute atomic E-state index is 0.0178. The number of amides is 1. The van der Waals surface area contributed by atoms with Gasteiger partial charge in [-0.05, 0) is 62.4 Å². The molecule has 3 aromatic rings. The first-order valence-electron chi connectivity index (χ1n) is 11.4. The van der Waals surface area contributed by atoms with Gasteiger partial charge in [-0.25, -0.2) is 4.98 Å². The molecule has 1 fully saturated rings. The molecule has 1 saturated heterocycles. The molecule has 0 aliphatic carbocycles. The lowest BCUT2D eigenvalue weighted by Crippen LogP contribution is -2.29. The van der Waals surface area contributed by atoms with Crippen molar-refractivity contribution in [1.82, 2.24) is 15.6 Å². The Morgan fingerprint density at radius 2 is 2.00 bits per heavy atom. The van der Waals surface area contributed by atoms with Gasteiger partial charge in [-0.1, -0.05) is 42.5 Å². The number of pyridine rings is 1. The van der Waals surface area contributed by atoms with Crippen LogP contribution in [0.1, 0.15) is 38.2 Å². The number of benzene rings is 2. The van der Waals surface area contributed by atoms with Gasteiger partial charge in [-0.3, -0.25) is 4.79 Å². The summed E-state index contributed by atoms with van der Waals surface area (Å²) in [7, 11) is 0. The summed E-state index contributed by atoms with van der Waals surface area (Å²) in [6.45, 7) is 5.40. The number of nitrogens with one attached hydrogen (secondary N) is 3. The fourth-order valence-corrected chi connectivity index (χ4v) is 4.27. The van der Waals surface area contributed by atoms with Crippen molar-refractivity contribution in [3.8, 4) is 11.3 Å². The Morgan fingerprint density at radius 1 is 1.16 bits per heavy atom. The van der Waals surface area contributed by atoms with E-state index < -0.39 is 0 Å². The third-order valence-corrected chi connectivity index (χ3v) is 6.01. The SMILES string of the molecule is CC(=O)NCc1ccc(-c2cc(NCCCC3CCCNC3)c3ccccc3n2)cc1. The van der Waals surface area contributed by atoms with Gasteiger partial charge in [-0.2, -0.15) is 0 Å². The smallest absolute Gasteiger partial charge is 0.217 e. The molecule has 5 nitrogen and oxygen atoms in total. The van der Waals surface area contributed by atoms with E-state index in [1.165, 1.54) is 45.7 Å². The molecule has 1 aliphatic heterocycles. The first-order valence-corrected chi connectivity index (χ1v) is 11.4. The van der Waals surface area contributed by atoms with Crippen molar-refractivity contribution >= 4 is 22.5 Å². The number of carbonyl (C=O) groups is 1. The van der Waals surface area contributed by atoms with Crippen LogP contribution in [0, 0.1) is 5.92 Å². The highest BCUT2D eigenvalue weighted by molar-refractivity contribution is 5.93. The standard InChI is InChI=1S/C26H32N4O/c1-19(31)29-18-21-10-12-22(13-11-21)25-16-26(23-8-2-3-9-24(23)30-25)28-15-5-7-20-6-4-14-27-17-20/h2-3,8-13,16,20,27H,4-7,14-15,17-18H2,1H3,(H,28,30)(H,29,31). The molecule has 4 rings (SSSR count). The van der Waals surface area contributed by atoms with E-state index in [1.54, 1.807) is 0 Å². The fraction of sp³-hybridized carbons (Fsp3) is 0.385. The van der Waals surface area contributed by atoms with E-state index in [4.69, 9.17) is 4.98 Å². The Morgan fingerprint density at radius 3 is 2.77 bits per heavy atom. The van der Waals surface area contributed by atoms with Gasteiger partial charge in [0.1, 0.15) is 0 Å². The number of nitrogens with zero attached hydrogens (tertiary/aromatic N) is 1. The molecule has 2 aromatic carbocycles. The molecule has 1 aromatic heterocycles. The number of anilines is 1. The fourth-order valence-electron chi connectivity index (χ4n) is 4.27. The van der Waals surface area contributed by atoms with Gasteiger partial charge in [0.15, 0.2) is 0 Å². The number of para-hydroxylation sites is 1. The first-order chi connectivity index (χ1) is 15.2. The molecule has 0 spiro atoms. The minimum Gasteiger partial charge on any atom is -0.384 e. The van der Waals surface area contributed by atoms with Crippen LogP contribution in [0.4, 0.5) is 5.69 Å². The number of hydrogen-bond donors (Lipinski definition) is 3. The van der Waals surface area contributed by atoms with Gasteiger partial charge in [0, 0.05) is 36.7 Å². The molecule has 1 unspecified atom stereocenters. The maximum Gasteiger partial charge on any atom is 0.217 e. The van der Waals surface area contributed by atoms with E-state index in [1.807, 2.05) is 18.2 Å². The summed E-state index contributed by atoms with van der Waals surface area (Å²) in [5, 5.41) is 11.2. The van der Waals surface area contributed by atoms with Crippen LogP contribution in [0.2, 0.25) is 0 Å². The topological polar surface area (TPSA) is 66.1 Å². The van der Waals surface area contributed by atoms with Crippen molar-refractivity contribution in [1.29, 1.82) is 0 Å². The Hall–Kier alpha value is -2.92. The number of piperidine rings is 1. The Bertz CT molecular complexity index is 1010. The quantitative estimate of drug-likeness (QED) is 0.465. The molecule has 1 atom stereocenters. The third-order valence-electron chi connectivity index (χ3n) is 6.01. The van der Waals surface area contributed by atoms with Crippen LogP contribution in [0.5, 0.6) is 0 Å². The van der Waals surface area contributed by atoms with Crippen LogP contribution in [0.25, 0.3) is 22.2 Å². The van der Waals surface area contributed by atoms with Crippen LogP contribution >= 0.6 is 0 Å². The van der Waals surface area contributed by atoms with Gasteiger partial charge in [0.05, 0.1) is 11.2 Å². The number of rotatable bonds is 8. The van der Waals surface area contributed by atoms with Gasteiger partial charge >= 0.3 is 0 Å². The van der Waals surface area contributed by atoms with Gasteiger partial charge in [0.25, 0.3) is 0 Å². The van der Waals surface area contributed by atoms with E-state index in [9.17, 15) is 4.79 Å². The van der Waals surface area contributed by atoms with Gasteiger partial charge in [0.2, 0.25) is 5.91 Å². The molecule has 0 saturated carbocycles. The van der Waals surface area contributed by atoms with E-state index in [0.29, 0.717) is 6.54 Å². The molecule has 162 valence electrons. The monoisotopic (exact) mass is 416 g/mol. The predicted molar refractivity (Wildman–Crippen MR) is 128 cm³/mol. The second-order valence-electron chi connectivity index (χ2n) is 8.46. The second kappa shape index (κ2) is 10.4. The Kier molecular flexibility index (Phi) is 7.15. The molecular formula is C26H32N4O. The Balaban J connectivity index is 1.47. The van der Waals surface area contributed by atoms with Crippen LogP contribution in [0.15, 0.2) is 54.6 Å². The summed E-state index contributed by atoms with van der Waals surface area (Å²) in [5.41, 5.74) is 5.26. The summed E-state index contributed by atoms with van der Waals surface area (Å²) in [5.74, 6) is 0.798. The molecule has 0 radical (unpaired) electrons. The summed E-state index contributed by atoms with van der Waals surface area (Å²) in [4.78, 5) is 16.0. The molecule has 1 amide bonds. The van der Waals surface area contributed by atoms with Gasteiger partial charge < -0.3 is 16.0 Å². The van der Waals surface area contributed by atoms with Gasteiger partial charge in [-0.15, -0.1) is 0 Å². The first kappa shape index (κ1) is 21.3.